The number of nitrogens with one attached hydrogen (secondary N) is 1. The van der Waals surface area contributed by atoms with Crippen molar-refractivity contribution in [2.75, 3.05) is 6.54 Å². The van der Waals surface area contributed by atoms with Crippen LogP contribution >= 0.6 is 15.9 Å². The predicted molar refractivity (Wildman–Crippen MR) is 61.2 cm³/mol. The summed E-state index contributed by atoms with van der Waals surface area (Å²) in [7, 11) is 0. The molecule has 0 heterocycles. The minimum Gasteiger partial charge on any atom is -0.310 e. The molecular weight excluding hydrogens is 283 g/mol. The molecule has 1 aromatic rings. The van der Waals surface area contributed by atoms with Gasteiger partial charge in [-0.05, 0) is 24.6 Å². The first-order chi connectivity index (χ1) is 7.38. The monoisotopic (exact) mass is 295 g/mol. The molecule has 90 valence electrons. The third-order valence-corrected chi connectivity index (χ3v) is 2.76. The SMILES string of the molecule is CC(NCCC(F)(F)F)c1ccc(Br)cc1. The van der Waals surface area contributed by atoms with Crippen molar-refractivity contribution in [1.29, 1.82) is 0 Å². The zero-order valence-corrected chi connectivity index (χ0v) is 10.4. The van der Waals surface area contributed by atoms with Crippen molar-refractivity contribution in [3.63, 3.8) is 0 Å². The lowest BCUT2D eigenvalue weighted by atomic mass is 10.1. The van der Waals surface area contributed by atoms with Gasteiger partial charge < -0.3 is 5.32 Å². The summed E-state index contributed by atoms with van der Waals surface area (Å²) in [5.41, 5.74) is 0.977. The first-order valence-electron chi connectivity index (χ1n) is 4.94. The van der Waals surface area contributed by atoms with Gasteiger partial charge in [-0.15, -0.1) is 0 Å². The Balaban J connectivity index is 2.41. The van der Waals surface area contributed by atoms with E-state index in [4.69, 9.17) is 0 Å². The van der Waals surface area contributed by atoms with Gasteiger partial charge in [0.1, 0.15) is 0 Å². The molecule has 0 bridgehead atoms. The van der Waals surface area contributed by atoms with Gasteiger partial charge in [-0.3, -0.25) is 0 Å². The predicted octanol–water partition coefficient (Wildman–Crippen LogP) is 4.05. The maximum absolute atomic E-state index is 11.9. The number of hydrogen-bond donors (Lipinski definition) is 1. The first kappa shape index (κ1) is 13.5. The summed E-state index contributed by atoms with van der Waals surface area (Å²) in [5, 5.41) is 2.84. The van der Waals surface area contributed by atoms with Gasteiger partial charge >= 0.3 is 6.18 Å². The number of halogens is 4. The van der Waals surface area contributed by atoms with Crippen molar-refractivity contribution in [3.05, 3.63) is 34.3 Å². The van der Waals surface area contributed by atoms with E-state index < -0.39 is 12.6 Å². The molecule has 1 nitrogen and oxygen atoms in total. The van der Waals surface area contributed by atoms with Gasteiger partial charge in [-0.1, -0.05) is 28.1 Å². The summed E-state index contributed by atoms with van der Waals surface area (Å²) in [4.78, 5) is 0. The number of hydrogen-bond acceptors (Lipinski definition) is 1. The molecule has 0 saturated carbocycles. The summed E-state index contributed by atoms with van der Waals surface area (Å²) >= 11 is 3.30. The second-order valence-corrected chi connectivity index (χ2v) is 4.51. The molecular formula is C11H13BrF3N. The molecule has 0 aromatic heterocycles. The molecule has 5 heteroatoms. The van der Waals surface area contributed by atoms with Crippen LogP contribution < -0.4 is 5.32 Å². The zero-order valence-electron chi connectivity index (χ0n) is 8.81. The highest BCUT2D eigenvalue weighted by molar-refractivity contribution is 9.10. The van der Waals surface area contributed by atoms with Crippen molar-refractivity contribution in [2.24, 2.45) is 0 Å². The van der Waals surface area contributed by atoms with Crippen molar-refractivity contribution in [1.82, 2.24) is 5.32 Å². The highest BCUT2D eigenvalue weighted by Gasteiger charge is 2.26. The fourth-order valence-corrected chi connectivity index (χ4v) is 1.56. The largest absolute Gasteiger partial charge is 0.390 e. The van der Waals surface area contributed by atoms with Crippen molar-refractivity contribution in [3.8, 4) is 0 Å². The molecule has 0 fully saturated rings. The minimum absolute atomic E-state index is 0.0548. The van der Waals surface area contributed by atoms with Gasteiger partial charge in [0.15, 0.2) is 0 Å². The molecule has 1 atom stereocenters. The minimum atomic E-state index is -4.09. The Morgan fingerprint density at radius 2 is 1.81 bits per heavy atom. The Morgan fingerprint density at radius 1 is 1.25 bits per heavy atom. The molecule has 1 N–H and O–H groups in total. The summed E-state index contributed by atoms with van der Waals surface area (Å²) < 4.78 is 36.7. The molecule has 0 saturated heterocycles. The van der Waals surface area contributed by atoms with E-state index in [-0.39, 0.29) is 12.6 Å². The average molecular weight is 296 g/mol. The lowest BCUT2D eigenvalue weighted by Crippen LogP contribution is -2.24. The Bertz CT molecular complexity index is 321. The summed E-state index contributed by atoms with van der Waals surface area (Å²) in [6, 6.07) is 7.44. The third-order valence-electron chi connectivity index (χ3n) is 2.23. The molecule has 0 aliphatic carbocycles. The van der Waals surface area contributed by atoms with E-state index in [0.29, 0.717) is 0 Å². The molecule has 0 spiro atoms. The quantitative estimate of drug-likeness (QED) is 0.883. The van der Waals surface area contributed by atoms with E-state index in [1.807, 2.05) is 31.2 Å². The van der Waals surface area contributed by atoms with Crippen LogP contribution in [0.3, 0.4) is 0 Å². The highest BCUT2D eigenvalue weighted by Crippen LogP contribution is 2.20. The third kappa shape index (κ3) is 4.99. The summed E-state index contributed by atoms with van der Waals surface area (Å²) in [5.74, 6) is 0. The van der Waals surface area contributed by atoms with E-state index in [0.717, 1.165) is 10.0 Å². The average Bonchev–Trinajstić information content (AvgIpc) is 2.16. The van der Waals surface area contributed by atoms with E-state index in [1.165, 1.54) is 0 Å². The Kier molecular flexibility index (Phi) is 4.80. The fraction of sp³-hybridized carbons (Fsp3) is 0.455. The lowest BCUT2D eigenvalue weighted by Gasteiger charge is -2.15. The van der Waals surface area contributed by atoms with Gasteiger partial charge in [-0.2, -0.15) is 13.2 Å². The zero-order chi connectivity index (χ0) is 12.2. The van der Waals surface area contributed by atoms with E-state index in [2.05, 4.69) is 21.2 Å². The Morgan fingerprint density at radius 3 is 2.31 bits per heavy atom. The number of benzene rings is 1. The second kappa shape index (κ2) is 5.68. The van der Waals surface area contributed by atoms with Crippen LogP contribution in [-0.2, 0) is 0 Å². The van der Waals surface area contributed by atoms with Gasteiger partial charge in [0.05, 0.1) is 6.42 Å². The van der Waals surface area contributed by atoms with Crippen LogP contribution in [0.15, 0.2) is 28.7 Å². The van der Waals surface area contributed by atoms with Crippen LogP contribution in [0.25, 0.3) is 0 Å². The van der Waals surface area contributed by atoms with E-state index >= 15 is 0 Å². The van der Waals surface area contributed by atoms with Crippen molar-refractivity contribution >= 4 is 15.9 Å². The van der Waals surface area contributed by atoms with Gasteiger partial charge in [-0.25, -0.2) is 0 Å². The summed E-state index contributed by atoms with van der Waals surface area (Å²) in [6.45, 7) is 1.79. The van der Waals surface area contributed by atoms with Crippen molar-refractivity contribution in [2.45, 2.75) is 25.6 Å². The molecule has 1 unspecified atom stereocenters. The Labute approximate surface area is 101 Å². The van der Waals surface area contributed by atoms with Crippen molar-refractivity contribution < 1.29 is 13.2 Å². The Hall–Kier alpha value is -0.550. The standard InChI is InChI=1S/C11H13BrF3N/c1-8(16-7-6-11(13,14)15)9-2-4-10(12)5-3-9/h2-5,8,16H,6-7H2,1H3. The molecule has 0 aliphatic heterocycles. The smallest absolute Gasteiger partial charge is 0.310 e. The molecule has 0 radical (unpaired) electrons. The molecule has 0 amide bonds. The number of rotatable bonds is 4. The van der Waals surface area contributed by atoms with Crippen LogP contribution in [0.1, 0.15) is 24.9 Å². The van der Waals surface area contributed by atoms with Crippen LogP contribution in [0, 0.1) is 0 Å². The number of alkyl halides is 3. The molecule has 1 aromatic carbocycles. The van der Waals surface area contributed by atoms with Gasteiger partial charge in [0.2, 0.25) is 0 Å². The van der Waals surface area contributed by atoms with E-state index in [1.54, 1.807) is 0 Å². The maximum atomic E-state index is 11.9. The molecule has 1 rings (SSSR count). The summed E-state index contributed by atoms with van der Waals surface area (Å²) in [6.07, 6.45) is -4.89. The topological polar surface area (TPSA) is 12.0 Å². The fourth-order valence-electron chi connectivity index (χ4n) is 1.30. The van der Waals surface area contributed by atoms with Crippen LogP contribution in [0.5, 0.6) is 0 Å². The second-order valence-electron chi connectivity index (χ2n) is 3.59. The van der Waals surface area contributed by atoms with Crippen LogP contribution in [0.2, 0.25) is 0 Å². The molecule has 0 aliphatic rings. The normalized spacial score (nSPS) is 13.8. The van der Waals surface area contributed by atoms with Gasteiger partial charge in [0, 0.05) is 17.1 Å². The molecule has 16 heavy (non-hydrogen) atoms. The van der Waals surface area contributed by atoms with Gasteiger partial charge in [0.25, 0.3) is 0 Å². The lowest BCUT2D eigenvalue weighted by molar-refractivity contribution is -0.133. The van der Waals surface area contributed by atoms with Crippen LogP contribution in [0.4, 0.5) is 13.2 Å². The maximum Gasteiger partial charge on any atom is 0.390 e. The first-order valence-corrected chi connectivity index (χ1v) is 5.73. The highest BCUT2D eigenvalue weighted by atomic mass is 79.9. The van der Waals surface area contributed by atoms with Crippen LogP contribution in [-0.4, -0.2) is 12.7 Å². The van der Waals surface area contributed by atoms with E-state index in [9.17, 15) is 13.2 Å².